The highest BCUT2D eigenvalue weighted by Crippen LogP contribution is 2.42. The van der Waals surface area contributed by atoms with Crippen LogP contribution in [-0.2, 0) is 31.8 Å². The SMILES string of the molecule is Cc1ncsc1-c1ccc(CNC(=O)[C@@H]2C[C@@H](O)CN2C(=O)[C@@H](NC(=O)c2ccc(OCCOCCCOc3ccc(N4C(=S)N(c5ccc(C#N)c(C(F)(F)F)c5F)C(=O)C4(C)C)cn3)cc2)C(C)(C)C)cc1. The van der Waals surface area contributed by atoms with Gasteiger partial charge in [0.15, 0.2) is 10.9 Å². The molecule has 3 aromatic carbocycles. The van der Waals surface area contributed by atoms with E-state index >= 15 is 4.39 Å². The largest absolute Gasteiger partial charge is 0.491 e. The van der Waals surface area contributed by atoms with Gasteiger partial charge in [-0.05, 0) is 92.0 Å². The Balaban J connectivity index is 0.833. The number of likely N-dealkylation sites (tertiary alicyclic amines) is 1. The Bertz CT molecular complexity index is 2920. The van der Waals surface area contributed by atoms with Gasteiger partial charge < -0.3 is 39.8 Å². The minimum absolute atomic E-state index is 0.0551. The number of hydrogen-bond donors (Lipinski definition) is 3. The number of anilines is 2. The van der Waals surface area contributed by atoms with Gasteiger partial charge >= 0.3 is 6.18 Å². The maximum atomic E-state index is 15.4. The molecule has 2 fully saturated rings. The number of aliphatic hydroxyl groups excluding tert-OH is 1. The number of aromatic nitrogens is 2. The van der Waals surface area contributed by atoms with Crippen molar-refractivity contribution in [2.24, 2.45) is 5.41 Å². The maximum Gasteiger partial charge on any atom is 0.420 e. The molecule has 2 aromatic heterocycles. The number of halogens is 4. The molecule has 7 rings (SSSR count). The van der Waals surface area contributed by atoms with Gasteiger partial charge in [0.05, 0.1) is 64.6 Å². The first-order valence-electron chi connectivity index (χ1n) is 23.5. The van der Waals surface area contributed by atoms with Crippen molar-refractivity contribution in [2.45, 2.75) is 90.8 Å². The molecule has 0 aliphatic carbocycles. The Hall–Kier alpha value is -7.06. The molecule has 22 heteroatoms. The predicted octanol–water partition coefficient (Wildman–Crippen LogP) is 7.75. The molecule has 4 amide bonds. The summed E-state index contributed by atoms with van der Waals surface area (Å²) in [5.41, 5.74) is -0.462. The second-order valence-corrected chi connectivity index (χ2v) is 20.4. The molecule has 3 atom stereocenters. The van der Waals surface area contributed by atoms with Crippen LogP contribution in [0.25, 0.3) is 10.4 Å². The molecular formula is C52H54F4N8O8S2. The lowest BCUT2D eigenvalue weighted by Crippen LogP contribution is -2.57. The summed E-state index contributed by atoms with van der Waals surface area (Å²) in [6.45, 7) is 11.5. The number of benzene rings is 3. The van der Waals surface area contributed by atoms with E-state index in [1.807, 2.05) is 52.0 Å². The smallest absolute Gasteiger partial charge is 0.420 e. The average Bonchev–Trinajstić information content (AvgIpc) is 4.02. The second-order valence-electron chi connectivity index (χ2n) is 19.1. The quantitative estimate of drug-likeness (QED) is 0.0438. The zero-order valence-corrected chi connectivity index (χ0v) is 42.9. The Morgan fingerprint density at radius 2 is 1.69 bits per heavy atom. The number of thiazole rings is 1. The summed E-state index contributed by atoms with van der Waals surface area (Å²) in [7, 11) is 0. The Morgan fingerprint density at radius 3 is 2.31 bits per heavy atom. The van der Waals surface area contributed by atoms with Crippen LogP contribution in [0.1, 0.15) is 80.2 Å². The van der Waals surface area contributed by atoms with E-state index in [9.17, 15) is 37.5 Å². The number of aliphatic hydroxyl groups is 1. The van der Waals surface area contributed by atoms with Crippen LogP contribution >= 0.6 is 23.6 Å². The van der Waals surface area contributed by atoms with Crippen LogP contribution < -0.4 is 29.9 Å². The van der Waals surface area contributed by atoms with Crippen LogP contribution in [0.5, 0.6) is 11.6 Å². The van der Waals surface area contributed by atoms with Gasteiger partial charge in [-0.25, -0.2) is 14.4 Å². The van der Waals surface area contributed by atoms with Gasteiger partial charge in [0.25, 0.3) is 11.8 Å². The number of β-amino-alcohol motifs (C(OH)–C–C–N with tert-alkyl or cyclic N) is 1. The predicted molar refractivity (Wildman–Crippen MR) is 271 cm³/mol. The van der Waals surface area contributed by atoms with E-state index in [1.165, 1.54) is 42.0 Å². The molecule has 0 radical (unpaired) electrons. The fraction of sp³-hybridized carbons (Fsp3) is 0.385. The van der Waals surface area contributed by atoms with Crippen LogP contribution in [0.4, 0.5) is 28.9 Å². The minimum Gasteiger partial charge on any atom is -0.491 e. The molecule has 390 valence electrons. The fourth-order valence-corrected chi connectivity index (χ4v) is 9.82. The molecule has 4 heterocycles. The molecule has 2 saturated heterocycles. The van der Waals surface area contributed by atoms with Gasteiger partial charge in [0, 0.05) is 44.2 Å². The normalized spacial score (nSPS) is 17.0. The van der Waals surface area contributed by atoms with Crippen LogP contribution in [0.2, 0.25) is 0 Å². The van der Waals surface area contributed by atoms with E-state index in [0.717, 1.165) is 33.8 Å². The average molecular weight is 1060 g/mol. The summed E-state index contributed by atoms with van der Waals surface area (Å²) in [5, 5.41) is 25.3. The third-order valence-electron chi connectivity index (χ3n) is 12.4. The van der Waals surface area contributed by atoms with E-state index in [0.29, 0.717) is 29.4 Å². The number of aryl methyl sites for hydroxylation is 1. The van der Waals surface area contributed by atoms with Gasteiger partial charge in [-0.2, -0.15) is 18.4 Å². The van der Waals surface area contributed by atoms with E-state index in [1.54, 1.807) is 47.2 Å². The highest BCUT2D eigenvalue weighted by Gasteiger charge is 2.52. The zero-order chi connectivity index (χ0) is 53.7. The molecule has 74 heavy (non-hydrogen) atoms. The molecule has 0 saturated carbocycles. The van der Waals surface area contributed by atoms with E-state index in [4.69, 9.17) is 31.7 Å². The molecule has 0 spiro atoms. The maximum absolute atomic E-state index is 15.4. The van der Waals surface area contributed by atoms with E-state index < -0.39 is 81.6 Å². The summed E-state index contributed by atoms with van der Waals surface area (Å²) >= 11 is 7.04. The summed E-state index contributed by atoms with van der Waals surface area (Å²) in [6.07, 6.45) is -4.21. The standard InChI is InChI=1S/C52H54F4N8O8S2/c1-30-43(74-29-60-30)32-10-8-31(9-11-32)26-59-46(67)39-24-36(65)28-62(39)47(68)44(50(2,3)4)61-45(66)33-12-16-37(17-13-33)71-23-22-70-20-7-21-72-40-19-15-35(27-58-40)64-49(73)63(48(69)51(64,5)6)38-18-14-34(25-57)41(42(38)53)52(54,55)56/h8-19,27,29,36,39,44,65H,7,20-24,26,28H2,1-6H3,(H,59,67)(H,61,66)/t36-,39+,44-/m1/s1. The fourth-order valence-electron chi connectivity index (χ4n) is 8.49. The van der Waals surface area contributed by atoms with Gasteiger partial charge in [-0.15, -0.1) is 11.3 Å². The first-order chi connectivity index (χ1) is 35.0. The molecule has 2 aliphatic rings. The van der Waals surface area contributed by atoms with Crippen LogP contribution in [0.15, 0.2) is 84.5 Å². The number of nitriles is 1. The molecule has 16 nitrogen and oxygen atoms in total. The van der Waals surface area contributed by atoms with Gasteiger partial charge in [-0.3, -0.25) is 24.1 Å². The number of nitrogens with one attached hydrogen (secondary N) is 2. The van der Waals surface area contributed by atoms with Gasteiger partial charge in [0.1, 0.15) is 35.5 Å². The van der Waals surface area contributed by atoms with Crippen LogP contribution in [-0.4, -0.2) is 105 Å². The topological polar surface area (TPSA) is 200 Å². The van der Waals surface area contributed by atoms with Crippen molar-refractivity contribution in [1.29, 1.82) is 5.26 Å². The van der Waals surface area contributed by atoms with Gasteiger partial charge in [-0.1, -0.05) is 45.0 Å². The molecule has 3 N–H and O–H groups in total. The van der Waals surface area contributed by atoms with E-state index in [2.05, 4.69) is 20.6 Å². The summed E-state index contributed by atoms with van der Waals surface area (Å²) in [4.78, 5) is 67.7. The van der Waals surface area contributed by atoms with Crippen molar-refractivity contribution in [3.63, 3.8) is 0 Å². The Kier molecular flexibility index (Phi) is 16.7. The number of hydrogen-bond acceptors (Lipinski definition) is 13. The molecule has 2 aliphatic heterocycles. The highest BCUT2D eigenvalue weighted by atomic mass is 32.1. The number of amides is 4. The van der Waals surface area contributed by atoms with Crippen molar-refractivity contribution < 1.29 is 56.1 Å². The molecule has 5 aromatic rings. The number of carbonyl (C=O) groups is 4. The number of ether oxygens (including phenoxy) is 3. The highest BCUT2D eigenvalue weighted by molar-refractivity contribution is 7.81. The number of thiocarbonyl (C=S) groups is 1. The Labute approximate surface area is 434 Å². The Morgan fingerprint density at radius 1 is 0.973 bits per heavy atom. The number of carbonyl (C=O) groups excluding carboxylic acids is 4. The van der Waals surface area contributed by atoms with Crippen molar-refractivity contribution in [3.05, 3.63) is 118 Å². The minimum atomic E-state index is -5.20. The third-order valence-corrected chi connectivity index (χ3v) is 13.7. The summed E-state index contributed by atoms with van der Waals surface area (Å²) < 4.78 is 73.8. The monoisotopic (exact) mass is 1060 g/mol. The van der Waals surface area contributed by atoms with Crippen molar-refractivity contribution in [3.8, 4) is 28.1 Å². The van der Waals surface area contributed by atoms with Crippen LogP contribution in [0, 0.1) is 29.5 Å². The first-order valence-corrected chi connectivity index (χ1v) is 24.7. The third kappa shape index (κ3) is 12.1. The van der Waals surface area contributed by atoms with E-state index in [-0.39, 0.29) is 55.9 Å². The van der Waals surface area contributed by atoms with Crippen molar-refractivity contribution in [2.75, 3.05) is 42.8 Å². The second kappa shape index (κ2) is 22.6. The van der Waals surface area contributed by atoms with Crippen LogP contribution in [0.3, 0.4) is 0 Å². The lowest BCUT2D eigenvalue weighted by atomic mass is 9.85. The number of nitrogens with zero attached hydrogens (tertiary/aromatic N) is 6. The lowest BCUT2D eigenvalue weighted by molar-refractivity contribution is -0.142. The van der Waals surface area contributed by atoms with Crippen molar-refractivity contribution >= 4 is 63.7 Å². The lowest BCUT2D eigenvalue weighted by Gasteiger charge is -2.35. The number of rotatable bonds is 18. The van der Waals surface area contributed by atoms with Crippen molar-refractivity contribution in [1.82, 2.24) is 25.5 Å². The molecule has 0 bridgehead atoms. The first kappa shape index (κ1) is 54.7. The number of alkyl halides is 3. The zero-order valence-electron chi connectivity index (χ0n) is 41.3. The summed E-state index contributed by atoms with van der Waals surface area (Å²) in [6, 6.07) is 18.3. The van der Waals surface area contributed by atoms with Gasteiger partial charge in [0.2, 0.25) is 17.7 Å². The summed E-state index contributed by atoms with van der Waals surface area (Å²) in [5.74, 6) is -3.27. The molecular weight excluding hydrogens is 1000 g/mol. The molecule has 0 unspecified atom stereocenters. The number of pyridine rings is 1.